The van der Waals surface area contributed by atoms with Crippen molar-refractivity contribution in [3.63, 3.8) is 0 Å². The van der Waals surface area contributed by atoms with E-state index in [0.717, 1.165) is 93.3 Å². The van der Waals surface area contributed by atoms with E-state index in [0.29, 0.717) is 17.5 Å². The average Bonchev–Trinajstić information content (AvgIpc) is 3.28. The molecule has 0 saturated carbocycles. The zero-order valence-electron chi connectivity index (χ0n) is 29.9. The average molecular weight is 716 g/mol. The molecule has 11 rings (SSSR count). The predicted molar refractivity (Wildman–Crippen MR) is 226 cm³/mol. The molecule has 6 aromatic carbocycles. The minimum Gasteiger partial charge on any atom is -0.254 e. The first kappa shape index (κ1) is 31.7. The van der Waals surface area contributed by atoms with Crippen LogP contribution in [0.3, 0.4) is 0 Å². The monoisotopic (exact) mass is 715 g/mol. The van der Waals surface area contributed by atoms with Gasteiger partial charge in [0.2, 0.25) is 0 Å². The van der Waals surface area contributed by atoms with Crippen molar-refractivity contribution in [2.45, 2.75) is 0 Å². The summed E-state index contributed by atoms with van der Waals surface area (Å²) < 4.78 is 0. The van der Waals surface area contributed by atoms with Crippen LogP contribution in [0.1, 0.15) is 0 Å². The van der Waals surface area contributed by atoms with E-state index in [4.69, 9.17) is 24.9 Å². The minimum atomic E-state index is 0.600. The van der Waals surface area contributed by atoms with E-state index in [1.165, 1.54) is 0 Å². The number of benzene rings is 6. The molecule has 11 aromatic rings. The molecule has 7 nitrogen and oxygen atoms in total. The van der Waals surface area contributed by atoms with Gasteiger partial charge in [0.25, 0.3) is 0 Å². The van der Waals surface area contributed by atoms with Gasteiger partial charge in [0.15, 0.2) is 17.5 Å². The highest BCUT2D eigenvalue weighted by molar-refractivity contribution is 6.09. The van der Waals surface area contributed by atoms with Gasteiger partial charge in [-0.05, 0) is 63.4 Å². The fourth-order valence-corrected chi connectivity index (χ4v) is 7.70. The molecule has 0 atom stereocenters. The third-order valence-corrected chi connectivity index (χ3v) is 10.5. The molecule has 0 aliphatic heterocycles. The summed E-state index contributed by atoms with van der Waals surface area (Å²) in [5, 5.41) is 6.54. The van der Waals surface area contributed by atoms with E-state index in [2.05, 4.69) is 149 Å². The van der Waals surface area contributed by atoms with E-state index in [1.54, 1.807) is 0 Å². The summed E-state index contributed by atoms with van der Waals surface area (Å²) in [7, 11) is 0. The smallest absolute Gasteiger partial charge is 0.164 e. The number of aromatic nitrogens is 7. The van der Waals surface area contributed by atoms with Gasteiger partial charge in [0.05, 0.1) is 22.1 Å². The van der Waals surface area contributed by atoms with E-state index in [-0.39, 0.29) is 0 Å². The number of hydrogen-bond donors (Lipinski definition) is 0. The summed E-state index contributed by atoms with van der Waals surface area (Å²) >= 11 is 0. The Labute approximate surface area is 321 Å². The lowest BCUT2D eigenvalue weighted by atomic mass is 9.98. The topological polar surface area (TPSA) is 90.2 Å². The summed E-state index contributed by atoms with van der Waals surface area (Å²) in [6.07, 6.45) is 7.35. The number of fused-ring (bicyclic) bond motifs is 7. The van der Waals surface area contributed by atoms with Crippen LogP contribution in [0.4, 0.5) is 0 Å². The molecule has 0 radical (unpaired) electrons. The first-order valence-electron chi connectivity index (χ1n) is 18.5. The second-order valence-electron chi connectivity index (χ2n) is 13.8. The van der Waals surface area contributed by atoms with Crippen molar-refractivity contribution in [1.82, 2.24) is 34.9 Å². The Bertz CT molecular complexity index is 3130. The third kappa shape index (κ3) is 5.41. The highest BCUT2D eigenvalue weighted by Gasteiger charge is 2.15. The Morgan fingerprint density at radius 2 is 0.679 bits per heavy atom. The van der Waals surface area contributed by atoms with Crippen LogP contribution in [0.5, 0.6) is 0 Å². The molecule has 0 fully saturated rings. The van der Waals surface area contributed by atoms with Crippen LogP contribution in [0.15, 0.2) is 176 Å². The maximum absolute atomic E-state index is 5.08. The molecule has 56 heavy (non-hydrogen) atoms. The van der Waals surface area contributed by atoms with Crippen LogP contribution in [0.25, 0.3) is 111 Å². The number of rotatable bonds is 5. The Morgan fingerprint density at radius 3 is 1.21 bits per heavy atom. The summed E-state index contributed by atoms with van der Waals surface area (Å²) in [6.45, 7) is 0. The summed E-state index contributed by atoms with van der Waals surface area (Å²) in [5.74, 6) is 1.81. The molecule has 0 aliphatic rings. The molecule has 0 spiro atoms. The summed E-state index contributed by atoms with van der Waals surface area (Å²) in [4.78, 5) is 33.9. The van der Waals surface area contributed by atoms with Crippen molar-refractivity contribution in [3.8, 4) is 56.4 Å². The molecule has 7 heteroatoms. The molecular formula is C49H29N7. The SMILES string of the molecule is c1ccc2cc(-c3nc(-c4ccc(-c5ccnc6c5ccc5cccnc56)cc4)nc(-c4ccc(-c5ccnc6c5ccc5cccnc56)cc4)n3)ccc2c1. The molecule has 5 heterocycles. The molecule has 260 valence electrons. The molecule has 0 unspecified atom stereocenters. The van der Waals surface area contributed by atoms with Crippen LogP contribution in [-0.2, 0) is 0 Å². The Morgan fingerprint density at radius 1 is 0.268 bits per heavy atom. The van der Waals surface area contributed by atoms with Crippen LogP contribution in [0, 0.1) is 0 Å². The molecule has 0 bridgehead atoms. The zero-order valence-corrected chi connectivity index (χ0v) is 29.9. The highest BCUT2D eigenvalue weighted by Crippen LogP contribution is 2.35. The van der Waals surface area contributed by atoms with Gasteiger partial charge in [-0.15, -0.1) is 0 Å². The van der Waals surface area contributed by atoms with E-state index in [1.807, 2.05) is 36.9 Å². The Kier molecular flexibility index (Phi) is 7.35. The summed E-state index contributed by atoms with van der Waals surface area (Å²) in [5.41, 5.74) is 10.6. The fraction of sp³-hybridized carbons (Fsp3) is 0. The normalized spacial score (nSPS) is 11.6. The lowest BCUT2D eigenvalue weighted by molar-refractivity contribution is 1.07. The van der Waals surface area contributed by atoms with Crippen molar-refractivity contribution in [2.24, 2.45) is 0 Å². The van der Waals surface area contributed by atoms with Gasteiger partial charge in [0.1, 0.15) is 0 Å². The first-order valence-corrected chi connectivity index (χ1v) is 18.5. The van der Waals surface area contributed by atoms with Gasteiger partial charge in [-0.1, -0.05) is 121 Å². The number of hydrogen-bond acceptors (Lipinski definition) is 7. The molecular weight excluding hydrogens is 687 g/mol. The molecule has 0 saturated heterocycles. The lowest BCUT2D eigenvalue weighted by Gasteiger charge is -2.12. The van der Waals surface area contributed by atoms with Crippen molar-refractivity contribution in [1.29, 1.82) is 0 Å². The summed E-state index contributed by atoms with van der Waals surface area (Å²) in [6, 6.07) is 52.1. The number of pyridine rings is 4. The molecule has 0 amide bonds. The highest BCUT2D eigenvalue weighted by atomic mass is 15.0. The zero-order chi connectivity index (χ0) is 37.0. The van der Waals surface area contributed by atoms with Gasteiger partial charge in [0, 0.05) is 63.0 Å². The molecule has 0 N–H and O–H groups in total. The van der Waals surface area contributed by atoms with Crippen LogP contribution in [-0.4, -0.2) is 34.9 Å². The first-order chi connectivity index (χ1) is 27.7. The van der Waals surface area contributed by atoms with E-state index >= 15 is 0 Å². The van der Waals surface area contributed by atoms with Gasteiger partial charge < -0.3 is 0 Å². The van der Waals surface area contributed by atoms with E-state index < -0.39 is 0 Å². The fourth-order valence-electron chi connectivity index (χ4n) is 7.70. The predicted octanol–water partition coefficient (Wildman–Crippen LogP) is 11.6. The van der Waals surface area contributed by atoms with Gasteiger partial charge in [-0.2, -0.15) is 0 Å². The number of nitrogens with zero attached hydrogens (tertiary/aromatic N) is 7. The third-order valence-electron chi connectivity index (χ3n) is 10.5. The van der Waals surface area contributed by atoms with Crippen LogP contribution in [0.2, 0.25) is 0 Å². The molecule has 0 aliphatic carbocycles. The van der Waals surface area contributed by atoms with Crippen molar-refractivity contribution in [3.05, 3.63) is 176 Å². The van der Waals surface area contributed by atoms with Crippen LogP contribution >= 0.6 is 0 Å². The largest absolute Gasteiger partial charge is 0.254 e. The van der Waals surface area contributed by atoms with E-state index in [9.17, 15) is 0 Å². The lowest BCUT2D eigenvalue weighted by Crippen LogP contribution is -2.00. The molecule has 5 aromatic heterocycles. The standard InChI is InChI=1S/C49H29N7/c1-2-6-37-29-38(18-9-30(37)5-1)49-55-47(35-14-10-31(11-15-35)39-23-27-52-45-41(39)21-19-33-7-3-25-50-43(33)45)54-48(56-49)36-16-12-32(13-17-36)40-24-28-53-46-42(40)22-20-34-8-4-26-51-44(34)46/h1-29H. The van der Waals surface area contributed by atoms with Crippen molar-refractivity contribution >= 4 is 54.4 Å². The Hall–Kier alpha value is -7.77. The maximum atomic E-state index is 5.08. The second kappa shape index (κ2) is 13.0. The van der Waals surface area contributed by atoms with Gasteiger partial charge in [-0.3, -0.25) is 19.9 Å². The quantitative estimate of drug-likeness (QED) is 0.164. The van der Waals surface area contributed by atoms with Crippen molar-refractivity contribution < 1.29 is 0 Å². The second-order valence-corrected chi connectivity index (χ2v) is 13.8. The van der Waals surface area contributed by atoms with Gasteiger partial charge >= 0.3 is 0 Å². The van der Waals surface area contributed by atoms with Crippen LogP contribution < -0.4 is 0 Å². The maximum Gasteiger partial charge on any atom is 0.164 e. The van der Waals surface area contributed by atoms with Crippen molar-refractivity contribution in [2.75, 3.05) is 0 Å². The minimum absolute atomic E-state index is 0.600. The van der Waals surface area contributed by atoms with Gasteiger partial charge in [-0.25, -0.2) is 15.0 Å². The Balaban J connectivity index is 1.00.